The van der Waals surface area contributed by atoms with Crippen molar-refractivity contribution in [2.75, 3.05) is 17.2 Å². The molecule has 1 saturated heterocycles. The minimum Gasteiger partial charge on any atom is -0.366 e. The highest BCUT2D eigenvalue weighted by Crippen LogP contribution is 2.38. The Hall–Kier alpha value is -5.28. The van der Waals surface area contributed by atoms with E-state index in [1.807, 2.05) is 0 Å². The van der Waals surface area contributed by atoms with Crippen LogP contribution >= 0.6 is 0 Å². The summed E-state index contributed by atoms with van der Waals surface area (Å²) in [7, 11) is 0. The van der Waals surface area contributed by atoms with Gasteiger partial charge in [-0.3, -0.25) is 0 Å². The third kappa shape index (κ3) is 10.2. The molecule has 0 bridgehead atoms. The van der Waals surface area contributed by atoms with E-state index in [2.05, 4.69) is 193 Å². The predicted molar refractivity (Wildman–Crippen MR) is 253 cm³/mol. The summed E-state index contributed by atoms with van der Waals surface area (Å²) in [6, 6.07) is 33.3. The lowest BCUT2D eigenvalue weighted by Crippen LogP contribution is -2.33. The summed E-state index contributed by atoms with van der Waals surface area (Å²) in [6.07, 6.45) is 14.7. The van der Waals surface area contributed by atoms with Gasteiger partial charge in [-0.2, -0.15) is 0 Å². The number of nitrogens with zero attached hydrogens (tertiary/aromatic N) is 1. The van der Waals surface area contributed by atoms with Gasteiger partial charge in [-0.15, -0.1) is 0 Å². The Balaban J connectivity index is 1.13. The van der Waals surface area contributed by atoms with Crippen molar-refractivity contribution in [3.63, 3.8) is 0 Å². The minimum absolute atomic E-state index is 0.211. The molecule has 5 atom stereocenters. The molecule has 2 aliphatic rings. The third-order valence-electron chi connectivity index (χ3n) is 12.8. The molecule has 4 unspecified atom stereocenters. The van der Waals surface area contributed by atoms with Gasteiger partial charge in [0.15, 0.2) is 0 Å². The number of aryl methyl sites for hydroxylation is 2. The van der Waals surface area contributed by atoms with E-state index in [-0.39, 0.29) is 12.0 Å². The molecule has 1 aliphatic carbocycles. The van der Waals surface area contributed by atoms with Crippen LogP contribution in [0.1, 0.15) is 95.2 Å². The van der Waals surface area contributed by atoms with Crippen molar-refractivity contribution in [1.82, 2.24) is 4.90 Å². The Bertz CT molecular complexity index is 2150. The molecule has 0 amide bonds. The Morgan fingerprint density at radius 3 is 1.98 bits per heavy atom. The summed E-state index contributed by atoms with van der Waals surface area (Å²) in [4.78, 5) is 2.46. The molecule has 4 aromatic carbocycles. The monoisotopic (exact) mass is 770 g/mol. The first-order chi connectivity index (χ1) is 27.9. The molecular formula is C55H67N3. The van der Waals surface area contributed by atoms with Gasteiger partial charge in [-0.05, 0) is 114 Å². The normalized spacial score (nSPS) is 17.9. The minimum atomic E-state index is 0.211. The number of likely N-dealkylation sites (tertiary alicyclic amines) is 1. The second-order valence-electron chi connectivity index (χ2n) is 17.1. The fraction of sp³-hybridized carbons (Fsp3) is 0.345. The van der Waals surface area contributed by atoms with Crippen molar-refractivity contribution >= 4 is 11.4 Å². The molecule has 1 heterocycles. The average molecular weight is 770 g/mol. The first-order valence-electron chi connectivity index (χ1n) is 21.7. The summed E-state index contributed by atoms with van der Waals surface area (Å²) in [5, 5.41) is 7.53. The highest BCUT2D eigenvalue weighted by atomic mass is 15.2. The molecule has 0 saturated carbocycles. The Morgan fingerprint density at radius 1 is 0.793 bits per heavy atom. The van der Waals surface area contributed by atoms with E-state index in [1.54, 1.807) is 0 Å². The first-order valence-corrected chi connectivity index (χ1v) is 21.7. The van der Waals surface area contributed by atoms with Gasteiger partial charge >= 0.3 is 0 Å². The molecule has 3 nitrogen and oxygen atoms in total. The van der Waals surface area contributed by atoms with Crippen molar-refractivity contribution in [3.05, 3.63) is 180 Å². The lowest BCUT2D eigenvalue weighted by atomic mass is 9.80. The van der Waals surface area contributed by atoms with E-state index < -0.39 is 0 Å². The molecule has 0 spiro atoms. The van der Waals surface area contributed by atoms with Crippen LogP contribution < -0.4 is 10.6 Å². The fourth-order valence-corrected chi connectivity index (χ4v) is 8.67. The third-order valence-corrected chi connectivity index (χ3v) is 12.8. The van der Waals surface area contributed by atoms with Crippen LogP contribution in [0.25, 0.3) is 22.3 Å². The highest BCUT2D eigenvalue weighted by molar-refractivity contribution is 5.76. The number of rotatable bonds is 18. The Morgan fingerprint density at radius 2 is 1.40 bits per heavy atom. The smallest absolute Gasteiger partial charge is 0.0683 e. The Kier molecular flexibility index (Phi) is 14.2. The van der Waals surface area contributed by atoms with Gasteiger partial charge in [0.25, 0.3) is 0 Å². The number of allylic oxidation sites excluding steroid dienone is 7. The molecule has 0 aromatic heterocycles. The van der Waals surface area contributed by atoms with Gasteiger partial charge in [-0.1, -0.05) is 170 Å². The standard InChI is InChI=1S/C55H67N3/c1-11-12-19-52(41(6)40(5)34-46-25-21-37(2)22-26-46)43(8)56-53-35-50(27-23-38(53)3)48-29-31-49(32-30-48)51-28-24-39(4)54(36-51)57-44(9)55-20-16-33-58(55)45(10)42(7)47-17-14-13-15-18-47/h13-15,17-18,21,23-32,35-37,41-42,52,55-57H,5,8-12,16,19-20,22,33-34H2,1-4,6-7H3/t37?,41?,42?,52-,55?/m1/s1. The highest BCUT2D eigenvalue weighted by Gasteiger charge is 2.30. The summed E-state index contributed by atoms with van der Waals surface area (Å²) in [5.41, 5.74) is 16.6. The molecule has 58 heavy (non-hydrogen) atoms. The summed E-state index contributed by atoms with van der Waals surface area (Å²) < 4.78 is 0. The average Bonchev–Trinajstić information content (AvgIpc) is 3.74. The molecule has 2 N–H and O–H groups in total. The quantitative estimate of drug-likeness (QED) is 0.0987. The van der Waals surface area contributed by atoms with E-state index in [9.17, 15) is 0 Å². The van der Waals surface area contributed by atoms with Gasteiger partial charge in [-0.25, -0.2) is 0 Å². The maximum Gasteiger partial charge on any atom is 0.0683 e. The summed E-state index contributed by atoms with van der Waals surface area (Å²) in [6.45, 7) is 32.9. The van der Waals surface area contributed by atoms with Crippen LogP contribution in [-0.4, -0.2) is 17.5 Å². The molecule has 6 rings (SSSR count). The van der Waals surface area contributed by atoms with E-state index >= 15 is 0 Å². The maximum absolute atomic E-state index is 4.64. The van der Waals surface area contributed by atoms with Crippen LogP contribution in [0, 0.1) is 31.6 Å². The molecule has 0 radical (unpaired) electrons. The van der Waals surface area contributed by atoms with Crippen LogP contribution in [0.2, 0.25) is 0 Å². The largest absolute Gasteiger partial charge is 0.366 e. The number of hydrogen-bond donors (Lipinski definition) is 2. The van der Waals surface area contributed by atoms with Crippen LogP contribution in [0.4, 0.5) is 11.4 Å². The number of hydrogen-bond acceptors (Lipinski definition) is 3. The topological polar surface area (TPSA) is 27.3 Å². The molecule has 3 heteroatoms. The van der Waals surface area contributed by atoms with Gasteiger partial charge in [0.2, 0.25) is 0 Å². The molecular weight excluding hydrogens is 703 g/mol. The zero-order valence-electron chi connectivity index (χ0n) is 36.2. The van der Waals surface area contributed by atoms with E-state index in [0.29, 0.717) is 17.8 Å². The molecule has 302 valence electrons. The summed E-state index contributed by atoms with van der Waals surface area (Å²) in [5.74, 6) is 1.52. The van der Waals surface area contributed by atoms with Gasteiger partial charge in [0.1, 0.15) is 0 Å². The van der Waals surface area contributed by atoms with Crippen LogP contribution in [0.15, 0.2) is 164 Å². The van der Waals surface area contributed by atoms with Gasteiger partial charge < -0.3 is 15.5 Å². The van der Waals surface area contributed by atoms with Crippen LogP contribution in [0.5, 0.6) is 0 Å². The maximum atomic E-state index is 4.64. The molecule has 1 fully saturated rings. The zero-order valence-corrected chi connectivity index (χ0v) is 36.2. The number of nitrogens with one attached hydrogen (secondary N) is 2. The lowest BCUT2D eigenvalue weighted by Gasteiger charge is -2.33. The van der Waals surface area contributed by atoms with E-state index in [0.717, 1.165) is 67.1 Å². The van der Waals surface area contributed by atoms with E-state index in [4.69, 9.17) is 0 Å². The Labute approximate surface area is 351 Å². The van der Waals surface area contributed by atoms with Crippen LogP contribution in [0.3, 0.4) is 0 Å². The van der Waals surface area contributed by atoms with Gasteiger partial charge in [0.05, 0.1) is 6.04 Å². The van der Waals surface area contributed by atoms with Crippen molar-refractivity contribution in [3.8, 4) is 22.3 Å². The molecule has 1 aliphatic heterocycles. The van der Waals surface area contributed by atoms with E-state index in [1.165, 1.54) is 62.9 Å². The number of anilines is 2. The summed E-state index contributed by atoms with van der Waals surface area (Å²) >= 11 is 0. The zero-order chi connectivity index (χ0) is 41.3. The fourth-order valence-electron chi connectivity index (χ4n) is 8.67. The van der Waals surface area contributed by atoms with Crippen LogP contribution in [-0.2, 0) is 0 Å². The second kappa shape index (κ2) is 19.4. The van der Waals surface area contributed by atoms with Crippen molar-refractivity contribution in [1.29, 1.82) is 0 Å². The second-order valence-corrected chi connectivity index (χ2v) is 17.1. The number of unbranched alkanes of at least 4 members (excludes halogenated alkanes) is 1. The van der Waals surface area contributed by atoms with Crippen molar-refractivity contribution < 1.29 is 0 Å². The first kappa shape index (κ1) is 42.3. The molecule has 4 aromatic rings. The van der Waals surface area contributed by atoms with Gasteiger partial charge in [0, 0.05) is 46.8 Å². The lowest BCUT2D eigenvalue weighted by molar-refractivity contribution is 0.337. The number of benzene rings is 4. The van der Waals surface area contributed by atoms with Crippen molar-refractivity contribution in [2.45, 2.75) is 98.4 Å². The predicted octanol–water partition coefficient (Wildman–Crippen LogP) is 15.2. The SMILES string of the molecule is C=C(CC1=CCC(C)C=C1)C(C)[C@@H](CCCC)C(=C)Nc1cc(-c2ccc(-c3ccc(C)c(NC(=C)C4CCCN4C(=C)C(C)c4ccccc4)c3)cc2)ccc1C. The van der Waals surface area contributed by atoms with Crippen molar-refractivity contribution in [2.24, 2.45) is 17.8 Å².